The molecule has 0 bridgehead atoms. The van der Waals surface area contributed by atoms with Gasteiger partial charge in [-0.1, -0.05) is 19.1 Å². The predicted molar refractivity (Wildman–Crippen MR) is 123 cm³/mol. The largest absolute Gasteiger partial charge is 0.416 e. The van der Waals surface area contributed by atoms with Crippen LogP contribution in [0.15, 0.2) is 42.5 Å². The summed E-state index contributed by atoms with van der Waals surface area (Å²) in [5.74, 6) is -1.42. The number of aliphatic hydroxyl groups is 1. The quantitative estimate of drug-likeness (QED) is 0.429. The molecule has 2 fully saturated rings. The number of hydrogen-bond acceptors (Lipinski definition) is 3. The SMILES string of the molecule is C[C@@]1([C@H]2CCC[C@@H](O)C(=O)N2)CC[C@H](OCc2cc(C(F)(F)F)cc(C(F)(F)F)c2)[C@H]1c1ccc(F)cc1. The van der Waals surface area contributed by atoms with Gasteiger partial charge in [-0.2, -0.15) is 26.3 Å². The number of carbonyl (C=O) groups excluding carboxylic acids is 1. The highest BCUT2D eigenvalue weighted by atomic mass is 19.4. The van der Waals surface area contributed by atoms with Crippen LogP contribution in [-0.4, -0.2) is 29.3 Å². The summed E-state index contributed by atoms with van der Waals surface area (Å²) in [5, 5.41) is 12.9. The van der Waals surface area contributed by atoms with Crippen LogP contribution in [0, 0.1) is 11.2 Å². The first-order valence-corrected chi connectivity index (χ1v) is 12.3. The Morgan fingerprint density at radius 1 is 0.974 bits per heavy atom. The van der Waals surface area contributed by atoms with E-state index in [-0.39, 0.29) is 17.7 Å². The summed E-state index contributed by atoms with van der Waals surface area (Å²) < 4.78 is 99.5. The maximum absolute atomic E-state index is 13.7. The second kappa shape index (κ2) is 10.5. The minimum absolute atomic E-state index is 0.0701. The number of aliphatic hydroxyl groups excluding tert-OH is 1. The molecule has 1 aliphatic heterocycles. The zero-order valence-corrected chi connectivity index (χ0v) is 20.5. The van der Waals surface area contributed by atoms with Gasteiger partial charge in [-0.25, -0.2) is 4.39 Å². The molecule has 1 saturated heterocycles. The molecule has 0 spiro atoms. The van der Waals surface area contributed by atoms with Crippen LogP contribution in [0.4, 0.5) is 30.7 Å². The molecule has 0 unspecified atom stereocenters. The highest BCUT2D eigenvalue weighted by molar-refractivity contribution is 5.81. The highest BCUT2D eigenvalue weighted by Gasteiger charge is 2.52. The third-order valence-electron chi connectivity index (χ3n) is 7.78. The number of alkyl halides is 6. The number of ether oxygens (including phenoxy) is 1. The van der Waals surface area contributed by atoms with E-state index in [2.05, 4.69) is 5.32 Å². The molecule has 1 aliphatic carbocycles. The van der Waals surface area contributed by atoms with Crippen molar-refractivity contribution >= 4 is 5.91 Å². The van der Waals surface area contributed by atoms with E-state index in [0.29, 0.717) is 49.8 Å². The number of nitrogens with one attached hydrogen (secondary N) is 1. The number of amides is 1. The van der Waals surface area contributed by atoms with Gasteiger partial charge in [-0.05, 0) is 79.0 Å². The highest BCUT2D eigenvalue weighted by Crippen LogP contribution is 2.54. The molecule has 2 aromatic carbocycles. The molecule has 1 amide bonds. The van der Waals surface area contributed by atoms with Gasteiger partial charge in [0.2, 0.25) is 5.91 Å². The molecule has 5 atom stereocenters. The Bertz CT molecular complexity index is 1120. The van der Waals surface area contributed by atoms with Gasteiger partial charge >= 0.3 is 12.4 Å². The molecule has 1 heterocycles. The van der Waals surface area contributed by atoms with Crippen LogP contribution in [0.3, 0.4) is 0 Å². The summed E-state index contributed by atoms with van der Waals surface area (Å²) in [6.07, 6.45) is -9.32. The summed E-state index contributed by atoms with van der Waals surface area (Å²) in [5.41, 5.74) is -3.07. The van der Waals surface area contributed by atoms with Crippen LogP contribution in [0.5, 0.6) is 0 Å². The Morgan fingerprint density at radius 2 is 1.58 bits per heavy atom. The van der Waals surface area contributed by atoms with E-state index in [9.17, 15) is 40.6 Å². The summed E-state index contributed by atoms with van der Waals surface area (Å²) in [7, 11) is 0. The normalized spacial score (nSPS) is 28.7. The molecular weight excluding hydrogens is 519 g/mol. The average Bonchev–Trinajstić information content (AvgIpc) is 3.08. The van der Waals surface area contributed by atoms with Gasteiger partial charge in [0.15, 0.2) is 0 Å². The molecule has 1 saturated carbocycles. The lowest BCUT2D eigenvalue weighted by molar-refractivity contribution is -0.143. The Morgan fingerprint density at radius 3 is 2.16 bits per heavy atom. The number of rotatable bonds is 5. The van der Waals surface area contributed by atoms with Crippen LogP contribution in [0.25, 0.3) is 0 Å². The third kappa shape index (κ3) is 5.98. The van der Waals surface area contributed by atoms with Crippen molar-refractivity contribution < 1.29 is 45.4 Å². The van der Waals surface area contributed by atoms with Crippen molar-refractivity contribution in [3.05, 3.63) is 70.5 Å². The molecule has 208 valence electrons. The van der Waals surface area contributed by atoms with Crippen molar-refractivity contribution in [3.8, 4) is 0 Å². The van der Waals surface area contributed by atoms with Crippen LogP contribution in [0.2, 0.25) is 0 Å². The van der Waals surface area contributed by atoms with E-state index in [1.54, 1.807) is 12.1 Å². The average molecular weight is 548 g/mol. The Kier molecular flexibility index (Phi) is 7.82. The number of hydrogen-bond donors (Lipinski definition) is 2. The minimum Gasteiger partial charge on any atom is -0.383 e. The fourth-order valence-electron chi connectivity index (χ4n) is 5.82. The first kappa shape index (κ1) is 28.4. The Hall–Kier alpha value is -2.66. The summed E-state index contributed by atoms with van der Waals surface area (Å²) in [6, 6.07) is 6.65. The maximum atomic E-state index is 13.7. The van der Waals surface area contributed by atoms with Crippen molar-refractivity contribution in [2.45, 2.75) is 82.2 Å². The third-order valence-corrected chi connectivity index (χ3v) is 7.78. The molecule has 4 nitrogen and oxygen atoms in total. The van der Waals surface area contributed by atoms with Gasteiger partial charge in [0.05, 0.1) is 23.8 Å². The topological polar surface area (TPSA) is 58.6 Å². The lowest BCUT2D eigenvalue weighted by Gasteiger charge is -2.41. The van der Waals surface area contributed by atoms with Gasteiger partial charge in [0.1, 0.15) is 11.9 Å². The predicted octanol–water partition coefficient (Wildman–Crippen LogP) is 6.36. The minimum atomic E-state index is -4.97. The lowest BCUT2D eigenvalue weighted by atomic mass is 9.69. The first-order valence-electron chi connectivity index (χ1n) is 12.3. The zero-order chi connectivity index (χ0) is 27.9. The van der Waals surface area contributed by atoms with Crippen molar-refractivity contribution in [1.82, 2.24) is 5.32 Å². The van der Waals surface area contributed by atoms with E-state index in [4.69, 9.17) is 4.74 Å². The van der Waals surface area contributed by atoms with Crippen LogP contribution in [-0.2, 0) is 28.5 Å². The monoisotopic (exact) mass is 547 g/mol. The molecule has 0 aromatic heterocycles. The van der Waals surface area contributed by atoms with E-state index in [0.717, 1.165) is 0 Å². The second-order valence-corrected chi connectivity index (χ2v) is 10.3. The second-order valence-electron chi connectivity index (χ2n) is 10.3. The summed E-state index contributed by atoms with van der Waals surface area (Å²) in [6.45, 7) is 1.43. The molecule has 38 heavy (non-hydrogen) atoms. The molecule has 2 N–H and O–H groups in total. The Labute approximate surface area is 215 Å². The summed E-state index contributed by atoms with van der Waals surface area (Å²) in [4.78, 5) is 12.4. The van der Waals surface area contributed by atoms with Crippen molar-refractivity contribution in [3.63, 3.8) is 0 Å². The lowest BCUT2D eigenvalue weighted by Crippen LogP contribution is -2.49. The van der Waals surface area contributed by atoms with Gasteiger partial charge in [0, 0.05) is 12.0 Å². The fraction of sp³-hybridized carbons (Fsp3) is 0.519. The fourth-order valence-corrected chi connectivity index (χ4v) is 5.82. The zero-order valence-electron chi connectivity index (χ0n) is 20.5. The summed E-state index contributed by atoms with van der Waals surface area (Å²) >= 11 is 0. The van der Waals surface area contributed by atoms with Gasteiger partial charge in [-0.15, -0.1) is 0 Å². The van der Waals surface area contributed by atoms with Gasteiger partial charge in [-0.3, -0.25) is 4.79 Å². The van der Waals surface area contributed by atoms with Crippen LogP contribution < -0.4 is 5.32 Å². The van der Waals surface area contributed by atoms with Crippen molar-refractivity contribution in [2.75, 3.05) is 0 Å². The van der Waals surface area contributed by atoms with Crippen molar-refractivity contribution in [2.24, 2.45) is 5.41 Å². The smallest absolute Gasteiger partial charge is 0.383 e. The molecule has 2 aliphatic rings. The van der Waals surface area contributed by atoms with Gasteiger partial charge < -0.3 is 15.2 Å². The van der Waals surface area contributed by atoms with E-state index in [1.807, 2.05) is 6.92 Å². The van der Waals surface area contributed by atoms with E-state index >= 15 is 0 Å². The van der Waals surface area contributed by atoms with Crippen LogP contribution in [0.1, 0.15) is 67.2 Å². The molecular formula is C27H28F7NO3. The number of carbonyl (C=O) groups is 1. The number of halogens is 7. The number of benzene rings is 2. The first-order chi connectivity index (χ1) is 17.7. The molecule has 11 heteroatoms. The standard InChI is InChI=1S/C27H28F7NO3/c1-25(22-4-2-3-20(36)24(37)35-22)10-9-21(23(25)16-5-7-19(28)8-6-16)38-14-15-11-17(26(29,30)31)13-18(12-15)27(32,33)34/h5-8,11-13,20-23,36H,2-4,9-10,14H2,1H3,(H,35,37)/t20-,21+,22-,23-,25+/m1/s1. The molecule has 2 aromatic rings. The Balaban J connectivity index is 1.64. The maximum Gasteiger partial charge on any atom is 0.416 e. The molecule has 4 rings (SSSR count). The van der Waals surface area contributed by atoms with Crippen molar-refractivity contribution in [1.29, 1.82) is 0 Å². The van der Waals surface area contributed by atoms with Gasteiger partial charge in [0.25, 0.3) is 0 Å². The molecule has 0 radical (unpaired) electrons. The van der Waals surface area contributed by atoms with Crippen LogP contribution >= 0.6 is 0 Å². The van der Waals surface area contributed by atoms with E-state index in [1.165, 1.54) is 12.1 Å². The van der Waals surface area contributed by atoms with E-state index < -0.39 is 65.4 Å².